The molecule has 0 spiro atoms. The van der Waals surface area contributed by atoms with Gasteiger partial charge in [-0.25, -0.2) is 0 Å². The summed E-state index contributed by atoms with van der Waals surface area (Å²) in [6, 6.07) is 23.6. The fraction of sp³-hybridized carbons (Fsp3) is 0.167. The zero-order valence-corrected chi connectivity index (χ0v) is 30.3. The Balaban J connectivity index is 1.59. The molecule has 6 aromatic rings. The lowest BCUT2D eigenvalue weighted by Gasteiger charge is -2.34. The van der Waals surface area contributed by atoms with Crippen LogP contribution in [0.5, 0.6) is 34.5 Å². The first-order chi connectivity index (χ1) is 23.0. The van der Waals surface area contributed by atoms with Gasteiger partial charge in [0.1, 0.15) is 39.6 Å². The van der Waals surface area contributed by atoms with Crippen LogP contribution >= 0.6 is 54.9 Å². The van der Waals surface area contributed by atoms with Crippen LogP contribution in [0.15, 0.2) is 86.2 Å². The standard InChI is InChI=1S/C36H24Br3O7P/c37-25-19-7-1-4-10-22(19)34(31-28(25)41-13-16-44-31)47(40,35-23-11-5-2-8-20(23)26(38)29-32(35)45-17-14-42-29)36-24-12-6-3-9-21(24)27(39)30-33(36)46-18-15-43-30/h1-12H,13-18H2. The van der Waals surface area contributed by atoms with Crippen LogP contribution in [0.4, 0.5) is 0 Å². The third kappa shape index (κ3) is 4.24. The fourth-order valence-corrected chi connectivity index (χ4v) is 12.5. The molecule has 7 nitrogen and oxygen atoms in total. The highest BCUT2D eigenvalue weighted by molar-refractivity contribution is 9.11. The van der Waals surface area contributed by atoms with Gasteiger partial charge in [-0.05, 0) is 63.9 Å². The lowest BCUT2D eigenvalue weighted by molar-refractivity contribution is 0.171. The molecule has 0 saturated heterocycles. The van der Waals surface area contributed by atoms with Gasteiger partial charge in [0.2, 0.25) is 0 Å². The third-order valence-electron chi connectivity index (χ3n) is 8.79. The molecule has 3 aliphatic rings. The highest BCUT2D eigenvalue weighted by atomic mass is 79.9. The molecule has 11 heteroatoms. The second kappa shape index (κ2) is 11.3. The molecule has 0 atom stereocenters. The van der Waals surface area contributed by atoms with Gasteiger partial charge in [-0.1, -0.05) is 72.8 Å². The van der Waals surface area contributed by atoms with Crippen LogP contribution in [0.2, 0.25) is 0 Å². The highest BCUT2D eigenvalue weighted by Gasteiger charge is 2.47. The van der Waals surface area contributed by atoms with E-state index in [1.807, 2.05) is 72.8 Å². The second-order valence-corrected chi connectivity index (χ2v) is 16.2. The van der Waals surface area contributed by atoms with Crippen LogP contribution in [0.25, 0.3) is 32.3 Å². The van der Waals surface area contributed by atoms with E-state index in [1.165, 1.54) is 0 Å². The van der Waals surface area contributed by atoms with E-state index in [2.05, 4.69) is 47.8 Å². The summed E-state index contributed by atoms with van der Waals surface area (Å²) >= 11 is 11.4. The molecule has 3 heterocycles. The van der Waals surface area contributed by atoms with Crippen LogP contribution in [-0.2, 0) is 4.57 Å². The van der Waals surface area contributed by atoms with E-state index in [9.17, 15) is 0 Å². The van der Waals surface area contributed by atoms with Crippen molar-refractivity contribution < 1.29 is 33.0 Å². The number of hydrogen-bond donors (Lipinski definition) is 0. The molecule has 0 amide bonds. The predicted octanol–water partition coefficient (Wildman–Crippen LogP) is 8.39. The Bertz CT molecular complexity index is 2100. The lowest BCUT2D eigenvalue weighted by Crippen LogP contribution is -2.34. The largest absolute Gasteiger partial charge is 0.485 e. The van der Waals surface area contributed by atoms with Crippen LogP contribution in [0.3, 0.4) is 0 Å². The summed E-state index contributed by atoms with van der Waals surface area (Å²) in [5.74, 6) is 2.76. The second-order valence-electron chi connectivity index (χ2n) is 11.3. The van der Waals surface area contributed by atoms with E-state index < -0.39 is 7.14 Å². The first-order valence-electron chi connectivity index (χ1n) is 15.1. The summed E-state index contributed by atoms with van der Waals surface area (Å²) in [7, 11) is -4.13. The highest BCUT2D eigenvalue weighted by Crippen LogP contribution is 2.61. The molecule has 9 rings (SSSR count). The molecule has 0 saturated carbocycles. The topological polar surface area (TPSA) is 72.5 Å². The van der Waals surface area contributed by atoms with Crippen molar-refractivity contribution in [1.82, 2.24) is 0 Å². The maximum absolute atomic E-state index is 17.6. The first-order valence-corrected chi connectivity index (χ1v) is 19.2. The summed E-state index contributed by atoms with van der Waals surface area (Å²) in [5, 5.41) is 6.27. The number of ether oxygens (including phenoxy) is 6. The van der Waals surface area contributed by atoms with Crippen molar-refractivity contribution in [3.8, 4) is 34.5 Å². The fourth-order valence-electron chi connectivity index (χ4n) is 6.92. The van der Waals surface area contributed by atoms with Crippen molar-refractivity contribution in [3.63, 3.8) is 0 Å². The van der Waals surface area contributed by atoms with Crippen LogP contribution in [0.1, 0.15) is 0 Å². The van der Waals surface area contributed by atoms with E-state index in [0.717, 1.165) is 45.7 Å². The van der Waals surface area contributed by atoms with Crippen molar-refractivity contribution in [2.75, 3.05) is 39.6 Å². The van der Waals surface area contributed by atoms with Gasteiger partial charge in [-0.15, -0.1) is 0 Å². The smallest absolute Gasteiger partial charge is 0.184 e. The van der Waals surface area contributed by atoms with E-state index >= 15 is 4.57 Å². The van der Waals surface area contributed by atoms with Gasteiger partial charge in [0.25, 0.3) is 0 Å². The average Bonchev–Trinajstić information content (AvgIpc) is 3.12. The summed E-state index contributed by atoms with van der Waals surface area (Å²) in [5.41, 5.74) is 0. The molecule has 0 aromatic heterocycles. The molecular weight excluding hydrogens is 815 g/mol. The Kier molecular flexibility index (Phi) is 7.16. The van der Waals surface area contributed by atoms with Crippen molar-refractivity contribution >= 4 is 103 Å². The van der Waals surface area contributed by atoms with Gasteiger partial charge >= 0.3 is 0 Å². The Morgan fingerprint density at radius 3 is 0.894 bits per heavy atom. The van der Waals surface area contributed by atoms with Crippen LogP contribution < -0.4 is 44.3 Å². The van der Waals surface area contributed by atoms with Crippen molar-refractivity contribution in [1.29, 1.82) is 0 Å². The third-order valence-corrected chi connectivity index (χ3v) is 14.4. The van der Waals surface area contributed by atoms with Gasteiger partial charge in [-0.3, -0.25) is 0 Å². The number of fused-ring (bicyclic) bond motifs is 6. The van der Waals surface area contributed by atoms with Crippen LogP contribution in [0, 0.1) is 0 Å². The lowest BCUT2D eigenvalue weighted by atomic mass is 10.1. The first kappa shape index (κ1) is 29.7. The number of benzene rings is 6. The summed E-state index contributed by atoms with van der Waals surface area (Å²) in [4.78, 5) is 0. The minimum atomic E-state index is -4.13. The molecule has 47 heavy (non-hydrogen) atoms. The zero-order valence-electron chi connectivity index (χ0n) is 24.6. The van der Waals surface area contributed by atoms with Gasteiger partial charge in [0.05, 0.1) is 29.3 Å². The zero-order chi connectivity index (χ0) is 31.9. The SMILES string of the molecule is O=P(c1c2c(c(Br)c3ccccc13)OCCO2)(c1c2c(c(Br)c3ccccc13)OCCO2)c1c2c(c(Br)c3ccccc13)OCCO2. The minimum absolute atomic E-state index is 0.294. The molecule has 0 aliphatic carbocycles. The maximum atomic E-state index is 17.6. The number of halogens is 3. The van der Waals surface area contributed by atoms with Gasteiger partial charge in [-0.2, -0.15) is 0 Å². The number of hydrogen-bond acceptors (Lipinski definition) is 7. The molecular formula is C36H24Br3O7P. The summed E-state index contributed by atoms with van der Waals surface area (Å²) in [6.45, 7) is 1.95. The summed E-state index contributed by atoms with van der Waals surface area (Å²) < 4.78 is 58.1. The molecule has 0 radical (unpaired) electrons. The van der Waals surface area contributed by atoms with Gasteiger partial charge < -0.3 is 33.0 Å². The maximum Gasteiger partial charge on any atom is 0.184 e. The Hall–Kier alpha value is -3.43. The normalized spacial score (nSPS) is 15.3. The minimum Gasteiger partial charge on any atom is -0.485 e. The average molecular weight is 839 g/mol. The molecule has 0 bridgehead atoms. The van der Waals surface area contributed by atoms with Crippen molar-refractivity contribution in [2.24, 2.45) is 0 Å². The predicted molar refractivity (Wildman–Crippen MR) is 194 cm³/mol. The Morgan fingerprint density at radius 1 is 0.383 bits per heavy atom. The van der Waals surface area contributed by atoms with E-state index in [-0.39, 0.29) is 0 Å². The van der Waals surface area contributed by atoms with E-state index in [4.69, 9.17) is 28.4 Å². The van der Waals surface area contributed by atoms with E-state index in [1.54, 1.807) is 0 Å². The molecule has 0 N–H and O–H groups in total. The van der Waals surface area contributed by atoms with Gasteiger partial charge in [0, 0.05) is 16.2 Å². The molecule has 0 unspecified atom stereocenters. The molecule has 3 aliphatic heterocycles. The Morgan fingerprint density at radius 2 is 0.617 bits per heavy atom. The quantitative estimate of drug-likeness (QED) is 0.166. The van der Waals surface area contributed by atoms with E-state index in [0.29, 0.717) is 90.1 Å². The Labute approximate surface area is 294 Å². The molecule has 0 fully saturated rings. The molecule has 6 aromatic carbocycles. The monoisotopic (exact) mass is 836 g/mol. The van der Waals surface area contributed by atoms with Crippen molar-refractivity contribution in [3.05, 3.63) is 86.2 Å². The van der Waals surface area contributed by atoms with Crippen molar-refractivity contribution in [2.45, 2.75) is 0 Å². The summed E-state index contributed by atoms with van der Waals surface area (Å²) in [6.07, 6.45) is 0. The van der Waals surface area contributed by atoms with Crippen LogP contribution in [-0.4, -0.2) is 39.6 Å². The van der Waals surface area contributed by atoms with Gasteiger partial charge in [0.15, 0.2) is 41.6 Å². The number of rotatable bonds is 3. The molecule has 236 valence electrons.